The second-order valence-electron chi connectivity index (χ2n) is 5.51. The van der Waals surface area contributed by atoms with Crippen molar-refractivity contribution >= 4 is 6.01 Å². The molecule has 1 aromatic heterocycles. The molecule has 3 heterocycles. The zero-order valence-electron chi connectivity index (χ0n) is 11.4. The van der Waals surface area contributed by atoms with Gasteiger partial charge in [0.25, 0.3) is 0 Å². The number of rotatable bonds is 2. The lowest BCUT2D eigenvalue weighted by Gasteiger charge is -2.26. The minimum absolute atomic E-state index is 0.244. The van der Waals surface area contributed by atoms with Crippen molar-refractivity contribution in [2.75, 3.05) is 18.0 Å². The Hall–Kier alpha value is -1.88. The molecule has 1 saturated heterocycles. The summed E-state index contributed by atoms with van der Waals surface area (Å²) in [5, 5.41) is 11.8. The molecule has 0 bridgehead atoms. The van der Waals surface area contributed by atoms with E-state index < -0.39 is 0 Å². The largest absolute Gasteiger partial charge is 0.406 e. The molecule has 1 aromatic carbocycles. The van der Waals surface area contributed by atoms with Crippen molar-refractivity contribution in [2.45, 2.75) is 31.8 Å². The number of aromatic nitrogens is 2. The van der Waals surface area contributed by atoms with Gasteiger partial charge in [-0.1, -0.05) is 29.4 Å². The number of hydrogen-bond donors (Lipinski definition) is 1. The zero-order chi connectivity index (χ0) is 13.4. The quantitative estimate of drug-likeness (QED) is 0.905. The van der Waals surface area contributed by atoms with Gasteiger partial charge in [0.15, 0.2) is 0 Å². The van der Waals surface area contributed by atoms with E-state index in [9.17, 15) is 0 Å². The lowest BCUT2D eigenvalue weighted by atomic mass is 10.0. The Labute approximate surface area is 118 Å². The van der Waals surface area contributed by atoms with Crippen LogP contribution in [0.3, 0.4) is 0 Å². The first-order valence-electron chi connectivity index (χ1n) is 7.29. The molecule has 1 atom stereocenters. The van der Waals surface area contributed by atoms with Crippen molar-refractivity contribution in [2.24, 2.45) is 0 Å². The third kappa shape index (κ3) is 2.08. The van der Waals surface area contributed by atoms with Crippen molar-refractivity contribution in [3.8, 4) is 0 Å². The van der Waals surface area contributed by atoms with Crippen LogP contribution in [-0.2, 0) is 13.0 Å². The summed E-state index contributed by atoms with van der Waals surface area (Å²) in [5.74, 6) is 0.733. The molecule has 1 fully saturated rings. The number of hydrogen-bond acceptors (Lipinski definition) is 5. The van der Waals surface area contributed by atoms with Crippen LogP contribution in [0, 0.1) is 0 Å². The molecule has 2 aromatic rings. The first-order chi connectivity index (χ1) is 9.90. The third-order valence-electron chi connectivity index (χ3n) is 4.19. The van der Waals surface area contributed by atoms with Gasteiger partial charge in [-0.3, -0.25) is 0 Å². The molecule has 5 heteroatoms. The van der Waals surface area contributed by atoms with Gasteiger partial charge in [-0.25, -0.2) is 0 Å². The molecule has 0 aliphatic carbocycles. The van der Waals surface area contributed by atoms with Crippen molar-refractivity contribution in [3.63, 3.8) is 0 Å². The smallest absolute Gasteiger partial charge is 0.318 e. The summed E-state index contributed by atoms with van der Waals surface area (Å²) in [6.45, 7) is 2.84. The number of anilines is 1. The van der Waals surface area contributed by atoms with Crippen LogP contribution in [0.2, 0.25) is 0 Å². The Kier molecular flexibility index (Phi) is 2.92. The van der Waals surface area contributed by atoms with Crippen LogP contribution in [0.5, 0.6) is 0 Å². The summed E-state index contributed by atoms with van der Waals surface area (Å²) in [7, 11) is 0. The number of nitrogens with one attached hydrogen (secondary N) is 1. The first-order valence-corrected chi connectivity index (χ1v) is 7.29. The van der Waals surface area contributed by atoms with Gasteiger partial charge in [-0.15, -0.1) is 5.10 Å². The highest BCUT2D eigenvalue weighted by atomic mass is 16.4. The van der Waals surface area contributed by atoms with E-state index in [1.165, 1.54) is 17.5 Å². The second kappa shape index (κ2) is 4.90. The Bertz CT molecular complexity index is 603. The molecular formula is C15H18N4O. The van der Waals surface area contributed by atoms with Gasteiger partial charge < -0.3 is 14.6 Å². The highest BCUT2D eigenvalue weighted by Gasteiger charge is 2.25. The summed E-state index contributed by atoms with van der Waals surface area (Å²) in [4.78, 5) is 2.17. The number of benzene rings is 1. The van der Waals surface area contributed by atoms with Crippen LogP contribution >= 0.6 is 0 Å². The molecule has 0 amide bonds. The highest BCUT2D eigenvalue weighted by Crippen LogP contribution is 2.27. The van der Waals surface area contributed by atoms with E-state index in [0.29, 0.717) is 6.01 Å². The molecule has 0 radical (unpaired) electrons. The number of nitrogens with zero attached hydrogens (tertiary/aromatic N) is 3. The predicted molar refractivity (Wildman–Crippen MR) is 75.5 cm³/mol. The van der Waals surface area contributed by atoms with Crippen LogP contribution in [0.15, 0.2) is 28.7 Å². The minimum Gasteiger partial charge on any atom is -0.406 e. The normalized spacial score (nSPS) is 22.0. The van der Waals surface area contributed by atoms with E-state index in [0.717, 1.165) is 38.4 Å². The van der Waals surface area contributed by atoms with Crippen molar-refractivity contribution in [1.29, 1.82) is 0 Å². The van der Waals surface area contributed by atoms with Crippen molar-refractivity contribution in [3.05, 3.63) is 41.3 Å². The SMILES string of the molecule is c1ccc2c(c1)CCN(c1nnc(C3CCCN3)o1)C2. The molecule has 2 aliphatic heterocycles. The fourth-order valence-corrected chi connectivity index (χ4v) is 3.05. The van der Waals surface area contributed by atoms with E-state index in [-0.39, 0.29) is 6.04 Å². The molecule has 1 N–H and O–H groups in total. The molecule has 104 valence electrons. The first kappa shape index (κ1) is 11.9. The summed E-state index contributed by atoms with van der Waals surface area (Å²) >= 11 is 0. The van der Waals surface area contributed by atoms with Gasteiger partial charge in [0.2, 0.25) is 5.89 Å². The summed E-state index contributed by atoms with van der Waals surface area (Å²) in [6, 6.07) is 9.47. The Morgan fingerprint density at radius 3 is 2.95 bits per heavy atom. The van der Waals surface area contributed by atoms with Crippen LogP contribution in [0.4, 0.5) is 6.01 Å². The second-order valence-corrected chi connectivity index (χ2v) is 5.51. The van der Waals surface area contributed by atoms with Crippen LogP contribution < -0.4 is 10.2 Å². The Morgan fingerprint density at radius 2 is 2.10 bits per heavy atom. The van der Waals surface area contributed by atoms with Crippen LogP contribution in [0.25, 0.3) is 0 Å². The van der Waals surface area contributed by atoms with E-state index >= 15 is 0 Å². The molecule has 0 spiro atoms. The highest BCUT2D eigenvalue weighted by molar-refractivity contribution is 5.37. The maximum absolute atomic E-state index is 5.86. The fourth-order valence-electron chi connectivity index (χ4n) is 3.05. The predicted octanol–water partition coefficient (Wildman–Crippen LogP) is 2.06. The molecular weight excluding hydrogens is 252 g/mol. The van der Waals surface area contributed by atoms with Gasteiger partial charge >= 0.3 is 6.01 Å². The molecule has 0 saturated carbocycles. The van der Waals surface area contributed by atoms with Crippen LogP contribution in [0.1, 0.15) is 35.9 Å². The van der Waals surface area contributed by atoms with Gasteiger partial charge in [0, 0.05) is 13.1 Å². The fraction of sp³-hybridized carbons (Fsp3) is 0.467. The average molecular weight is 270 g/mol. The maximum atomic E-state index is 5.86. The van der Waals surface area contributed by atoms with E-state index in [4.69, 9.17) is 4.42 Å². The van der Waals surface area contributed by atoms with Crippen molar-refractivity contribution in [1.82, 2.24) is 15.5 Å². The van der Waals surface area contributed by atoms with Gasteiger partial charge in [0.05, 0.1) is 6.04 Å². The maximum Gasteiger partial charge on any atom is 0.318 e. The summed E-state index contributed by atoms with van der Waals surface area (Å²) in [6.07, 6.45) is 3.31. The third-order valence-corrected chi connectivity index (χ3v) is 4.19. The average Bonchev–Trinajstić information content (AvgIpc) is 3.17. The lowest BCUT2D eigenvalue weighted by Crippen LogP contribution is -2.30. The van der Waals surface area contributed by atoms with E-state index in [1.807, 2.05) is 0 Å². The standard InChI is InChI=1S/C15H18N4O/c1-2-5-12-10-19(9-7-11(12)4-1)15-18-17-14(20-15)13-6-3-8-16-13/h1-2,4-5,13,16H,3,6-10H2. The van der Waals surface area contributed by atoms with Crippen LogP contribution in [-0.4, -0.2) is 23.3 Å². The number of fused-ring (bicyclic) bond motifs is 1. The molecule has 4 rings (SSSR count). The van der Waals surface area contributed by atoms with E-state index in [2.05, 4.69) is 44.7 Å². The summed E-state index contributed by atoms with van der Waals surface area (Å²) < 4.78 is 5.86. The van der Waals surface area contributed by atoms with Crippen molar-refractivity contribution < 1.29 is 4.42 Å². The Morgan fingerprint density at radius 1 is 1.20 bits per heavy atom. The van der Waals surface area contributed by atoms with Gasteiger partial charge in [-0.05, 0) is 36.9 Å². The van der Waals surface area contributed by atoms with E-state index in [1.54, 1.807) is 0 Å². The van der Waals surface area contributed by atoms with Gasteiger partial charge in [0.1, 0.15) is 0 Å². The molecule has 2 aliphatic rings. The topological polar surface area (TPSA) is 54.2 Å². The minimum atomic E-state index is 0.244. The lowest BCUT2D eigenvalue weighted by molar-refractivity contribution is 0.423. The zero-order valence-corrected chi connectivity index (χ0v) is 11.4. The molecule has 1 unspecified atom stereocenters. The molecule has 20 heavy (non-hydrogen) atoms. The summed E-state index contributed by atoms with van der Waals surface area (Å²) in [5.41, 5.74) is 2.79. The monoisotopic (exact) mass is 270 g/mol. The Balaban J connectivity index is 1.54. The molecule has 5 nitrogen and oxygen atoms in total. The van der Waals surface area contributed by atoms with Gasteiger partial charge in [-0.2, -0.15) is 0 Å².